The molecule has 1 amide bonds. The fourth-order valence-corrected chi connectivity index (χ4v) is 3.47. The second-order valence-electron chi connectivity index (χ2n) is 6.65. The van der Waals surface area contributed by atoms with Crippen molar-refractivity contribution >= 4 is 22.6 Å². The van der Waals surface area contributed by atoms with Crippen LogP contribution in [0, 0.1) is 5.92 Å². The fraction of sp³-hybridized carbons (Fsp3) is 0.368. The van der Waals surface area contributed by atoms with E-state index in [1.54, 1.807) is 12.5 Å². The first kappa shape index (κ1) is 16.5. The van der Waals surface area contributed by atoms with Gasteiger partial charge in [0, 0.05) is 43.8 Å². The van der Waals surface area contributed by atoms with Gasteiger partial charge in [-0.15, -0.1) is 0 Å². The molecule has 0 unspecified atom stereocenters. The topological polar surface area (TPSA) is 75.9 Å². The van der Waals surface area contributed by atoms with Crippen LogP contribution in [0.1, 0.15) is 18.7 Å². The minimum Gasteiger partial charge on any atom is -0.356 e. The van der Waals surface area contributed by atoms with Gasteiger partial charge in [-0.05, 0) is 25.0 Å². The number of imidazole rings is 1. The number of fused-ring (bicyclic) bond motifs is 1. The summed E-state index contributed by atoms with van der Waals surface area (Å²) in [5.74, 6) is 1.98. The van der Waals surface area contributed by atoms with Crippen molar-refractivity contribution in [3.63, 3.8) is 0 Å². The second kappa shape index (κ2) is 7.11. The Hall–Kier alpha value is -2.96. The highest BCUT2D eigenvalue weighted by Gasteiger charge is 2.26. The average molecular weight is 350 g/mol. The van der Waals surface area contributed by atoms with Crippen molar-refractivity contribution in [1.82, 2.24) is 24.8 Å². The Morgan fingerprint density at radius 3 is 2.77 bits per heavy atom. The summed E-state index contributed by atoms with van der Waals surface area (Å²) in [4.78, 5) is 27.8. The number of aryl methyl sites for hydroxylation is 1. The number of nitrogens with one attached hydrogen (secondary N) is 1. The van der Waals surface area contributed by atoms with Crippen molar-refractivity contribution in [1.29, 1.82) is 0 Å². The Bertz CT molecular complexity index is 908. The van der Waals surface area contributed by atoms with Gasteiger partial charge in [0.1, 0.15) is 18.0 Å². The molecule has 134 valence electrons. The van der Waals surface area contributed by atoms with Gasteiger partial charge >= 0.3 is 0 Å². The molecular formula is C19H22N6O. The molecule has 4 rings (SSSR count). The molecule has 1 N–H and O–H groups in total. The number of hydrogen-bond donors (Lipinski definition) is 1. The number of carbonyl (C=O) groups is 1. The van der Waals surface area contributed by atoms with Gasteiger partial charge in [-0.1, -0.05) is 12.1 Å². The van der Waals surface area contributed by atoms with E-state index < -0.39 is 0 Å². The Balaban J connectivity index is 1.38. The Labute approximate surface area is 152 Å². The maximum absolute atomic E-state index is 12.5. The van der Waals surface area contributed by atoms with Crippen LogP contribution in [0.5, 0.6) is 0 Å². The summed E-state index contributed by atoms with van der Waals surface area (Å²) in [5, 5.41) is 4.08. The summed E-state index contributed by atoms with van der Waals surface area (Å²) in [6, 6.07) is 8.04. The van der Waals surface area contributed by atoms with Crippen LogP contribution in [0.4, 0.5) is 5.82 Å². The van der Waals surface area contributed by atoms with Crippen molar-refractivity contribution in [3.05, 3.63) is 48.8 Å². The van der Waals surface area contributed by atoms with E-state index >= 15 is 0 Å². The lowest BCUT2D eigenvalue weighted by Gasteiger charge is -2.32. The average Bonchev–Trinajstić information content (AvgIpc) is 3.10. The van der Waals surface area contributed by atoms with Crippen LogP contribution < -0.4 is 10.2 Å². The number of amides is 1. The summed E-state index contributed by atoms with van der Waals surface area (Å²) in [6.45, 7) is 2.11. The molecule has 1 saturated heterocycles. The fourth-order valence-electron chi connectivity index (χ4n) is 3.47. The first-order valence-electron chi connectivity index (χ1n) is 8.91. The zero-order valence-electron chi connectivity index (χ0n) is 14.8. The largest absolute Gasteiger partial charge is 0.356 e. The minimum atomic E-state index is 0.0413. The summed E-state index contributed by atoms with van der Waals surface area (Å²) in [5.41, 5.74) is 0.951. The maximum atomic E-state index is 12.5. The van der Waals surface area contributed by atoms with E-state index in [-0.39, 0.29) is 11.8 Å². The lowest BCUT2D eigenvalue weighted by Crippen LogP contribution is -2.41. The van der Waals surface area contributed by atoms with Crippen molar-refractivity contribution in [3.8, 4) is 0 Å². The number of carbonyl (C=O) groups excluding carboxylic acids is 1. The van der Waals surface area contributed by atoms with Gasteiger partial charge in [0.15, 0.2) is 0 Å². The molecule has 1 aliphatic rings. The molecule has 0 bridgehead atoms. The molecule has 0 atom stereocenters. The van der Waals surface area contributed by atoms with Crippen LogP contribution in [0.15, 0.2) is 43.0 Å². The highest BCUT2D eigenvalue weighted by atomic mass is 16.1. The Morgan fingerprint density at radius 2 is 2.00 bits per heavy atom. The SMILES string of the molecule is Cn1ccnc1CNC(=O)C1CCN(c2ncnc3ccccc23)CC1. The summed E-state index contributed by atoms with van der Waals surface area (Å²) < 4.78 is 1.92. The minimum absolute atomic E-state index is 0.0413. The first-order chi connectivity index (χ1) is 12.7. The van der Waals surface area contributed by atoms with E-state index in [0.29, 0.717) is 6.54 Å². The van der Waals surface area contributed by atoms with Crippen LogP contribution in [0.2, 0.25) is 0 Å². The maximum Gasteiger partial charge on any atom is 0.223 e. The van der Waals surface area contributed by atoms with Crippen LogP contribution in [0.25, 0.3) is 10.9 Å². The standard InChI is InChI=1S/C19H22N6O/c1-24-11-8-20-17(24)12-21-19(26)14-6-9-25(10-7-14)18-15-4-2-3-5-16(15)22-13-23-18/h2-5,8,11,13-14H,6-7,9-10,12H2,1H3,(H,21,26). The predicted octanol–water partition coefficient (Wildman–Crippen LogP) is 1.90. The van der Waals surface area contributed by atoms with E-state index in [1.807, 2.05) is 36.0 Å². The van der Waals surface area contributed by atoms with Crippen LogP contribution in [0.3, 0.4) is 0 Å². The third-order valence-electron chi connectivity index (χ3n) is 5.03. The monoisotopic (exact) mass is 350 g/mol. The number of aromatic nitrogens is 4. The van der Waals surface area contributed by atoms with Gasteiger partial charge in [0.2, 0.25) is 5.91 Å². The van der Waals surface area contributed by atoms with Gasteiger partial charge in [0.05, 0.1) is 12.1 Å². The van der Waals surface area contributed by atoms with Crippen LogP contribution >= 0.6 is 0 Å². The van der Waals surface area contributed by atoms with E-state index in [0.717, 1.165) is 48.5 Å². The Kier molecular flexibility index (Phi) is 4.51. The molecule has 1 aliphatic heterocycles. The summed E-state index contributed by atoms with van der Waals surface area (Å²) in [7, 11) is 1.93. The van der Waals surface area contributed by atoms with Gasteiger partial charge < -0.3 is 14.8 Å². The van der Waals surface area contributed by atoms with Gasteiger partial charge in [0.25, 0.3) is 0 Å². The Morgan fingerprint density at radius 1 is 1.19 bits per heavy atom. The first-order valence-corrected chi connectivity index (χ1v) is 8.91. The predicted molar refractivity (Wildman–Crippen MR) is 99.5 cm³/mol. The molecule has 2 aromatic heterocycles. The van der Waals surface area contributed by atoms with Gasteiger partial charge in [-0.2, -0.15) is 0 Å². The van der Waals surface area contributed by atoms with Gasteiger partial charge in [-0.25, -0.2) is 15.0 Å². The summed E-state index contributed by atoms with van der Waals surface area (Å²) >= 11 is 0. The summed E-state index contributed by atoms with van der Waals surface area (Å²) in [6.07, 6.45) is 6.89. The molecule has 26 heavy (non-hydrogen) atoms. The van der Waals surface area contributed by atoms with E-state index in [1.165, 1.54) is 0 Å². The van der Waals surface area contributed by atoms with Crippen LogP contribution in [-0.2, 0) is 18.4 Å². The molecule has 0 spiro atoms. The molecule has 7 heteroatoms. The van der Waals surface area contributed by atoms with E-state index in [4.69, 9.17) is 0 Å². The molecule has 1 fully saturated rings. The highest BCUT2D eigenvalue weighted by molar-refractivity contribution is 5.89. The van der Waals surface area contributed by atoms with Crippen molar-refractivity contribution in [2.75, 3.05) is 18.0 Å². The number of hydrogen-bond acceptors (Lipinski definition) is 5. The third kappa shape index (κ3) is 3.24. The molecule has 0 radical (unpaired) electrons. The highest BCUT2D eigenvalue weighted by Crippen LogP contribution is 2.27. The molecular weight excluding hydrogens is 328 g/mol. The number of nitrogens with zero attached hydrogens (tertiary/aromatic N) is 5. The number of para-hydroxylation sites is 1. The van der Waals surface area contributed by atoms with E-state index in [2.05, 4.69) is 31.2 Å². The molecule has 1 aromatic carbocycles. The normalized spacial score (nSPS) is 15.3. The number of benzene rings is 1. The van der Waals surface area contributed by atoms with Crippen molar-refractivity contribution < 1.29 is 4.79 Å². The molecule has 3 aromatic rings. The molecule has 0 aliphatic carbocycles. The number of anilines is 1. The van der Waals surface area contributed by atoms with Crippen molar-refractivity contribution in [2.45, 2.75) is 19.4 Å². The quantitative estimate of drug-likeness (QED) is 0.778. The third-order valence-corrected chi connectivity index (χ3v) is 5.03. The van der Waals surface area contributed by atoms with Gasteiger partial charge in [-0.3, -0.25) is 4.79 Å². The van der Waals surface area contributed by atoms with Crippen LogP contribution in [-0.4, -0.2) is 38.5 Å². The lowest BCUT2D eigenvalue weighted by molar-refractivity contribution is -0.125. The molecule has 0 saturated carbocycles. The molecule has 7 nitrogen and oxygen atoms in total. The molecule has 3 heterocycles. The lowest BCUT2D eigenvalue weighted by atomic mass is 9.95. The number of rotatable bonds is 4. The second-order valence-corrected chi connectivity index (χ2v) is 6.65. The van der Waals surface area contributed by atoms with E-state index in [9.17, 15) is 4.79 Å². The van der Waals surface area contributed by atoms with Crippen molar-refractivity contribution in [2.24, 2.45) is 13.0 Å². The zero-order chi connectivity index (χ0) is 17.9. The zero-order valence-corrected chi connectivity index (χ0v) is 14.8. The smallest absolute Gasteiger partial charge is 0.223 e. The number of piperidine rings is 1.